The molecule has 6 nitrogen and oxygen atoms in total. The first-order valence-electron chi connectivity index (χ1n) is 9.68. The van der Waals surface area contributed by atoms with Crippen molar-refractivity contribution in [3.63, 3.8) is 0 Å². The average Bonchev–Trinajstić information content (AvgIpc) is 2.79. The van der Waals surface area contributed by atoms with Gasteiger partial charge in [0, 0.05) is 11.8 Å². The maximum atomic E-state index is 12.6. The predicted octanol–water partition coefficient (Wildman–Crippen LogP) is 4.39. The van der Waals surface area contributed by atoms with Crippen LogP contribution in [0.3, 0.4) is 0 Å². The molecule has 0 aliphatic rings. The minimum atomic E-state index is -3.72. The Labute approximate surface area is 182 Å². The van der Waals surface area contributed by atoms with Crippen LogP contribution in [0.1, 0.15) is 24.1 Å². The predicted molar refractivity (Wildman–Crippen MR) is 122 cm³/mol. The van der Waals surface area contributed by atoms with E-state index in [4.69, 9.17) is 4.74 Å². The summed E-state index contributed by atoms with van der Waals surface area (Å²) in [5.41, 5.74) is 2.17. The number of ether oxygens (including phenoxy) is 1. The molecule has 0 aliphatic heterocycles. The van der Waals surface area contributed by atoms with Crippen molar-refractivity contribution in [2.45, 2.75) is 17.9 Å². The van der Waals surface area contributed by atoms with Gasteiger partial charge >= 0.3 is 0 Å². The smallest absolute Gasteiger partial charge is 0.261 e. The fourth-order valence-corrected chi connectivity index (χ4v) is 3.95. The highest BCUT2D eigenvalue weighted by molar-refractivity contribution is 7.92. The van der Waals surface area contributed by atoms with Gasteiger partial charge in [-0.25, -0.2) is 8.42 Å². The van der Waals surface area contributed by atoms with Crippen molar-refractivity contribution >= 4 is 27.7 Å². The van der Waals surface area contributed by atoms with Crippen LogP contribution in [0, 0.1) is 0 Å². The summed E-state index contributed by atoms with van der Waals surface area (Å²) in [5.74, 6) is 0.413. The van der Waals surface area contributed by atoms with E-state index in [2.05, 4.69) is 10.0 Å². The van der Waals surface area contributed by atoms with Crippen molar-refractivity contribution in [3.05, 3.63) is 96.1 Å². The summed E-state index contributed by atoms with van der Waals surface area (Å²) in [6.07, 6.45) is 3.07. The Morgan fingerprint density at radius 1 is 0.935 bits per heavy atom. The molecule has 7 heteroatoms. The normalized spacial score (nSPS) is 12.3. The average molecular weight is 437 g/mol. The largest absolute Gasteiger partial charge is 0.497 e. The Kier molecular flexibility index (Phi) is 7.10. The summed E-state index contributed by atoms with van der Waals surface area (Å²) in [4.78, 5) is 12.3. The molecule has 1 amide bonds. The van der Waals surface area contributed by atoms with Gasteiger partial charge in [-0.15, -0.1) is 0 Å². The molecule has 2 N–H and O–H groups in total. The molecular formula is C24H24N2O4S. The van der Waals surface area contributed by atoms with Gasteiger partial charge in [-0.3, -0.25) is 9.52 Å². The fourth-order valence-electron chi connectivity index (χ4n) is 2.89. The van der Waals surface area contributed by atoms with Crippen LogP contribution in [-0.4, -0.2) is 21.4 Å². The lowest BCUT2D eigenvalue weighted by atomic mass is 10.1. The van der Waals surface area contributed by atoms with Crippen molar-refractivity contribution in [2.24, 2.45) is 0 Å². The molecule has 31 heavy (non-hydrogen) atoms. The number of methoxy groups -OCH3 is 1. The SMILES string of the molecule is COc1ccc(NS(=O)(=O)c2ccc(/C=C/C(=O)NC(C)c3ccccc3)cc2)cc1. The highest BCUT2D eigenvalue weighted by Crippen LogP contribution is 2.20. The minimum Gasteiger partial charge on any atom is -0.497 e. The Bertz CT molecular complexity index is 1140. The molecule has 0 bridgehead atoms. The Hall–Kier alpha value is -3.58. The van der Waals surface area contributed by atoms with E-state index in [-0.39, 0.29) is 16.8 Å². The van der Waals surface area contributed by atoms with Crippen LogP contribution in [0.4, 0.5) is 5.69 Å². The van der Waals surface area contributed by atoms with Gasteiger partial charge in [-0.05, 0) is 60.5 Å². The van der Waals surface area contributed by atoms with Gasteiger partial charge in [0.05, 0.1) is 18.0 Å². The van der Waals surface area contributed by atoms with E-state index in [1.165, 1.54) is 18.2 Å². The van der Waals surface area contributed by atoms with Crippen LogP contribution in [0.25, 0.3) is 6.08 Å². The van der Waals surface area contributed by atoms with E-state index in [9.17, 15) is 13.2 Å². The highest BCUT2D eigenvalue weighted by Gasteiger charge is 2.14. The van der Waals surface area contributed by atoms with Crippen LogP contribution < -0.4 is 14.8 Å². The third-order valence-electron chi connectivity index (χ3n) is 4.62. The number of carbonyl (C=O) groups excluding carboxylic acids is 1. The van der Waals surface area contributed by atoms with Gasteiger partial charge in [-0.1, -0.05) is 42.5 Å². The van der Waals surface area contributed by atoms with E-state index in [0.717, 1.165) is 5.56 Å². The van der Waals surface area contributed by atoms with Crippen LogP contribution in [-0.2, 0) is 14.8 Å². The van der Waals surface area contributed by atoms with E-state index >= 15 is 0 Å². The molecule has 0 radical (unpaired) electrons. The summed E-state index contributed by atoms with van der Waals surface area (Å²) in [6.45, 7) is 1.91. The zero-order chi connectivity index (χ0) is 22.3. The molecule has 160 valence electrons. The highest BCUT2D eigenvalue weighted by atomic mass is 32.2. The lowest BCUT2D eigenvalue weighted by Crippen LogP contribution is -2.24. The minimum absolute atomic E-state index is 0.116. The first-order valence-corrected chi connectivity index (χ1v) is 11.2. The topological polar surface area (TPSA) is 84.5 Å². The summed E-state index contributed by atoms with van der Waals surface area (Å²) in [7, 11) is -2.18. The molecule has 3 aromatic carbocycles. The van der Waals surface area contributed by atoms with E-state index in [0.29, 0.717) is 17.0 Å². The second-order valence-electron chi connectivity index (χ2n) is 6.88. The molecule has 0 aliphatic carbocycles. The molecule has 0 saturated heterocycles. The summed E-state index contributed by atoms with van der Waals surface area (Å²) >= 11 is 0. The van der Waals surface area contributed by atoms with Crippen molar-refractivity contribution in [3.8, 4) is 5.75 Å². The van der Waals surface area contributed by atoms with Crippen molar-refractivity contribution in [2.75, 3.05) is 11.8 Å². The van der Waals surface area contributed by atoms with Gasteiger partial charge in [0.1, 0.15) is 5.75 Å². The molecule has 1 atom stereocenters. The second-order valence-corrected chi connectivity index (χ2v) is 8.56. The Balaban J connectivity index is 1.61. The lowest BCUT2D eigenvalue weighted by Gasteiger charge is -2.12. The molecular weight excluding hydrogens is 412 g/mol. The number of carbonyl (C=O) groups is 1. The third-order valence-corrected chi connectivity index (χ3v) is 6.02. The maximum Gasteiger partial charge on any atom is 0.261 e. The molecule has 3 rings (SSSR count). The van der Waals surface area contributed by atoms with Gasteiger partial charge in [-0.2, -0.15) is 0 Å². The summed E-state index contributed by atoms with van der Waals surface area (Å²) in [5, 5.41) is 2.90. The molecule has 3 aromatic rings. The maximum absolute atomic E-state index is 12.6. The number of amides is 1. The summed E-state index contributed by atoms with van der Waals surface area (Å²) in [6, 6.07) is 22.5. The third kappa shape index (κ3) is 6.20. The first-order chi connectivity index (χ1) is 14.9. The number of hydrogen-bond acceptors (Lipinski definition) is 4. The van der Waals surface area contributed by atoms with Gasteiger partial charge in [0.25, 0.3) is 10.0 Å². The monoisotopic (exact) mass is 436 g/mol. The van der Waals surface area contributed by atoms with Gasteiger partial charge in [0.15, 0.2) is 0 Å². The molecule has 1 unspecified atom stereocenters. The first kappa shape index (κ1) is 22.1. The van der Waals surface area contributed by atoms with Crippen LogP contribution in [0.5, 0.6) is 5.75 Å². The Morgan fingerprint density at radius 2 is 1.58 bits per heavy atom. The second kappa shape index (κ2) is 9.95. The van der Waals surface area contributed by atoms with Crippen LogP contribution >= 0.6 is 0 Å². The van der Waals surface area contributed by atoms with E-state index in [1.54, 1.807) is 49.6 Å². The van der Waals surface area contributed by atoms with E-state index in [1.807, 2.05) is 37.3 Å². The number of rotatable bonds is 8. The standard InChI is InChI=1S/C24H24N2O4S/c1-18(20-6-4-3-5-7-20)25-24(27)17-10-19-8-15-23(16-9-19)31(28,29)26-21-11-13-22(30-2)14-12-21/h3-18,26H,1-2H3,(H,25,27)/b17-10+. The zero-order valence-electron chi connectivity index (χ0n) is 17.3. The number of hydrogen-bond donors (Lipinski definition) is 2. The summed E-state index contributed by atoms with van der Waals surface area (Å²) < 4.78 is 32.7. The number of benzene rings is 3. The lowest BCUT2D eigenvalue weighted by molar-refractivity contribution is -0.117. The van der Waals surface area contributed by atoms with Gasteiger partial charge < -0.3 is 10.1 Å². The quantitative estimate of drug-likeness (QED) is 0.513. The molecule has 0 heterocycles. The molecule has 0 saturated carbocycles. The van der Waals surface area contributed by atoms with Crippen molar-refractivity contribution < 1.29 is 17.9 Å². The van der Waals surface area contributed by atoms with E-state index < -0.39 is 10.0 Å². The molecule has 0 aromatic heterocycles. The number of anilines is 1. The molecule has 0 fully saturated rings. The van der Waals surface area contributed by atoms with Crippen molar-refractivity contribution in [1.82, 2.24) is 5.32 Å². The number of nitrogens with one attached hydrogen (secondary N) is 2. The van der Waals surface area contributed by atoms with Crippen LogP contribution in [0.15, 0.2) is 89.8 Å². The van der Waals surface area contributed by atoms with Gasteiger partial charge in [0.2, 0.25) is 5.91 Å². The Morgan fingerprint density at radius 3 is 2.19 bits per heavy atom. The van der Waals surface area contributed by atoms with Crippen LogP contribution in [0.2, 0.25) is 0 Å². The zero-order valence-corrected chi connectivity index (χ0v) is 18.1. The molecule has 0 spiro atoms. The number of sulfonamides is 1. The van der Waals surface area contributed by atoms with Crippen molar-refractivity contribution in [1.29, 1.82) is 0 Å². The fraction of sp³-hybridized carbons (Fsp3) is 0.125.